The normalized spacial score (nSPS) is 11.1. The quantitative estimate of drug-likeness (QED) is 0.400. The van der Waals surface area contributed by atoms with Crippen LogP contribution in [0.25, 0.3) is 10.8 Å². The van der Waals surface area contributed by atoms with Gasteiger partial charge in [-0.05, 0) is 59.3 Å². The van der Waals surface area contributed by atoms with Crippen molar-refractivity contribution >= 4 is 45.9 Å². The highest BCUT2D eigenvalue weighted by molar-refractivity contribution is 6.31. The third-order valence-electron chi connectivity index (χ3n) is 4.50. The van der Waals surface area contributed by atoms with Crippen LogP contribution >= 0.6 is 11.6 Å². The van der Waals surface area contributed by atoms with Crippen molar-refractivity contribution in [3.8, 4) is 5.75 Å². The number of amides is 1. The summed E-state index contributed by atoms with van der Waals surface area (Å²) in [6.45, 7) is 0. The van der Waals surface area contributed by atoms with Crippen molar-refractivity contribution in [2.45, 2.75) is 0 Å². The van der Waals surface area contributed by atoms with Crippen molar-refractivity contribution in [2.75, 3.05) is 5.32 Å². The van der Waals surface area contributed by atoms with Gasteiger partial charge in [0.2, 0.25) is 0 Å². The molecule has 29 heavy (non-hydrogen) atoms. The van der Waals surface area contributed by atoms with Crippen LogP contribution in [0.4, 0.5) is 11.4 Å². The first kappa shape index (κ1) is 18.7. The molecule has 1 amide bonds. The van der Waals surface area contributed by atoms with Gasteiger partial charge >= 0.3 is 0 Å². The molecule has 2 N–H and O–H groups in total. The molecular weight excluding hydrogens is 384 g/mol. The van der Waals surface area contributed by atoms with Crippen LogP contribution in [-0.4, -0.2) is 17.2 Å². The van der Waals surface area contributed by atoms with E-state index >= 15 is 0 Å². The Morgan fingerprint density at radius 1 is 0.931 bits per heavy atom. The fourth-order valence-electron chi connectivity index (χ4n) is 3.02. The van der Waals surface area contributed by atoms with Crippen LogP contribution < -0.4 is 5.32 Å². The molecule has 5 heteroatoms. The number of aromatic hydroxyl groups is 1. The minimum atomic E-state index is -0.232. The predicted molar refractivity (Wildman–Crippen MR) is 119 cm³/mol. The Hall–Kier alpha value is -3.63. The summed E-state index contributed by atoms with van der Waals surface area (Å²) in [5.74, 6) is -0.0534. The third kappa shape index (κ3) is 4.28. The highest BCUT2D eigenvalue weighted by Crippen LogP contribution is 2.26. The summed E-state index contributed by atoms with van der Waals surface area (Å²) in [6, 6.07) is 25.3. The van der Waals surface area contributed by atoms with Crippen molar-refractivity contribution in [1.82, 2.24) is 0 Å². The summed E-state index contributed by atoms with van der Waals surface area (Å²) in [7, 11) is 0. The monoisotopic (exact) mass is 400 g/mol. The van der Waals surface area contributed by atoms with Crippen LogP contribution in [0, 0.1) is 0 Å². The van der Waals surface area contributed by atoms with Gasteiger partial charge < -0.3 is 10.4 Å². The number of hydrogen-bond acceptors (Lipinski definition) is 3. The molecule has 0 radical (unpaired) electrons. The van der Waals surface area contributed by atoms with Crippen LogP contribution in [0.2, 0.25) is 5.02 Å². The zero-order valence-electron chi connectivity index (χ0n) is 15.3. The number of carbonyl (C=O) groups excluding carboxylic acids is 1. The van der Waals surface area contributed by atoms with E-state index in [1.807, 2.05) is 30.3 Å². The first-order chi connectivity index (χ1) is 14.1. The molecular formula is C24H17ClN2O2. The fourth-order valence-corrected chi connectivity index (χ4v) is 3.21. The number of hydrogen-bond donors (Lipinski definition) is 2. The number of carbonyl (C=O) groups is 1. The molecule has 0 spiro atoms. The highest BCUT2D eigenvalue weighted by Gasteiger charge is 2.07. The number of anilines is 1. The van der Waals surface area contributed by atoms with Gasteiger partial charge in [-0.25, -0.2) is 0 Å². The molecule has 0 aromatic heterocycles. The third-order valence-corrected chi connectivity index (χ3v) is 4.74. The Bertz CT molecular complexity index is 1220. The fraction of sp³-hybridized carbons (Fsp3) is 0. The van der Waals surface area contributed by atoms with Gasteiger partial charge in [-0.3, -0.25) is 9.79 Å². The lowest BCUT2D eigenvalue weighted by Crippen LogP contribution is -2.11. The van der Waals surface area contributed by atoms with Gasteiger partial charge in [-0.15, -0.1) is 0 Å². The van der Waals surface area contributed by atoms with Gasteiger partial charge in [0.25, 0.3) is 5.91 Å². The number of phenolic OH excluding ortho intramolecular Hbond substituents is 1. The van der Waals surface area contributed by atoms with Gasteiger partial charge in [0, 0.05) is 28.1 Å². The van der Waals surface area contributed by atoms with Crippen LogP contribution in [0.3, 0.4) is 0 Å². The average Bonchev–Trinajstić information content (AvgIpc) is 2.74. The van der Waals surface area contributed by atoms with Crippen LogP contribution in [0.5, 0.6) is 5.75 Å². The van der Waals surface area contributed by atoms with E-state index in [2.05, 4.69) is 10.3 Å². The average molecular weight is 401 g/mol. The van der Waals surface area contributed by atoms with Crippen LogP contribution in [0.1, 0.15) is 15.9 Å². The van der Waals surface area contributed by atoms with Gasteiger partial charge in [-0.1, -0.05) is 48.0 Å². The molecule has 0 unspecified atom stereocenters. The van der Waals surface area contributed by atoms with Crippen molar-refractivity contribution < 1.29 is 9.90 Å². The molecule has 0 fully saturated rings. The van der Waals surface area contributed by atoms with Crippen LogP contribution in [-0.2, 0) is 0 Å². The standard InChI is InChI=1S/C24H17ClN2O2/c25-18-6-3-5-17(14-18)24(29)27-20-11-9-19(10-12-20)26-15-22-21-7-2-1-4-16(21)8-13-23(22)28/h1-15,28H,(H,27,29). The second-order valence-electron chi connectivity index (χ2n) is 6.49. The second-order valence-corrected chi connectivity index (χ2v) is 6.93. The molecule has 0 saturated heterocycles. The summed E-state index contributed by atoms with van der Waals surface area (Å²) in [5, 5.41) is 15.5. The number of nitrogens with one attached hydrogen (secondary N) is 1. The van der Waals surface area contributed by atoms with Crippen molar-refractivity contribution in [3.63, 3.8) is 0 Å². The highest BCUT2D eigenvalue weighted by atomic mass is 35.5. The number of aliphatic imine (C=N–C) groups is 1. The lowest BCUT2D eigenvalue weighted by molar-refractivity contribution is 0.102. The molecule has 0 atom stereocenters. The van der Waals surface area contributed by atoms with Crippen LogP contribution in [0.15, 0.2) is 89.9 Å². The summed E-state index contributed by atoms with van der Waals surface area (Å²) in [4.78, 5) is 16.8. The minimum absolute atomic E-state index is 0.179. The van der Waals surface area contributed by atoms with E-state index in [0.717, 1.165) is 10.8 Å². The smallest absolute Gasteiger partial charge is 0.255 e. The Balaban J connectivity index is 1.52. The maximum absolute atomic E-state index is 12.3. The summed E-state index contributed by atoms with van der Waals surface area (Å²) < 4.78 is 0. The van der Waals surface area contributed by atoms with Gasteiger partial charge in [0.15, 0.2) is 0 Å². The Kier molecular flexibility index (Phi) is 5.27. The van der Waals surface area contributed by atoms with E-state index in [4.69, 9.17) is 11.6 Å². The molecule has 4 nitrogen and oxygen atoms in total. The molecule has 0 aliphatic heterocycles. The second kappa shape index (κ2) is 8.17. The molecule has 0 bridgehead atoms. The molecule has 0 saturated carbocycles. The van der Waals surface area contributed by atoms with E-state index in [0.29, 0.717) is 27.5 Å². The SMILES string of the molecule is O=C(Nc1ccc(N=Cc2c(O)ccc3ccccc23)cc1)c1cccc(Cl)c1. The number of benzene rings is 4. The van der Waals surface area contributed by atoms with Gasteiger partial charge in [0.1, 0.15) is 5.75 Å². The molecule has 142 valence electrons. The van der Waals surface area contributed by atoms with Gasteiger partial charge in [-0.2, -0.15) is 0 Å². The van der Waals surface area contributed by atoms with Crippen molar-refractivity contribution in [1.29, 1.82) is 0 Å². The number of rotatable bonds is 4. The zero-order chi connectivity index (χ0) is 20.2. The molecule has 0 aliphatic carbocycles. The number of fused-ring (bicyclic) bond motifs is 1. The van der Waals surface area contributed by atoms with Crippen molar-refractivity contribution in [2.24, 2.45) is 4.99 Å². The van der Waals surface area contributed by atoms with E-state index in [1.54, 1.807) is 60.8 Å². The Morgan fingerprint density at radius 2 is 1.72 bits per heavy atom. The minimum Gasteiger partial charge on any atom is -0.507 e. The van der Waals surface area contributed by atoms with E-state index < -0.39 is 0 Å². The van der Waals surface area contributed by atoms with E-state index in [1.165, 1.54) is 0 Å². The molecule has 4 aromatic rings. The van der Waals surface area contributed by atoms with E-state index in [-0.39, 0.29) is 11.7 Å². The van der Waals surface area contributed by atoms with E-state index in [9.17, 15) is 9.90 Å². The number of nitrogens with zero attached hydrogens (tertiary/aromatic N) is 1. The largest absolute Gasteiger partial charge is 0.507 e. The predicted octanol–water partition coefficient (Wildman–Crippen LogP) is 6.20. The van der Waals surface area contributed by atoms with Gasteiger partial charge in [0.05, 0.1) is 5.69 Å². The topological polar surface area (TPSA) is 61.7 Å². The lowest BCUT2D eigenvalue weighted by atomic mass is 10.0. The zero-order valence-corrected chi connectivity index (χ0v) is 16.1. The molecule has 0 heterocycles. The first-order valence-corrected chi connectivity index (χ1v) is 9.40. The first-order valence-electron chi connectivity index (χ1n) is 9.02. The Morgan fingerprint density at radius 3 is 2.52 bits per heavy atom. The van der Waals surface area contributed by atoms with Crippen molar-refractivity contribution in [3.05, 3.63) is 101 Å². The lowest BCUT2D eigenvalue weighted by Gasteiger charge is -2.06. The number of phenols is 1. The molecule has 4 aromatic carbocycles. The molecule has 0 aliphatic rings. The molecule has 4 rings (SSSR count). The summed E-state index contributed by atoms with van der Waals surface area (Å²) >= 11 is 5.93. The Labute approximate surface area is 173 Å². The summed E-state index contributed by atoms with van der Waals surface area (Å²) in [6.07, 6.45) is 1.65. The maximum Gasteiger partial charge on any atom is 0.255 e. The summed E-state index contributed by atoms with van der Waals surface area (Å²) in [5.41, 5.74) is 2.52. The number of halogens is 1. The maximum atomic E-state index is 12.3.